The molecule has 80 valence electrons. The van der Waals surface area contributed by atoms with Crippen molar-refractivity contribution in [1.82, 2.24) is 4.90 Å². The van der Waals surface area contributed by atoms with Gasteiger partial charge in [0.1, 0.15) is 0 Å². The van der Waals surface area contributed by atoms with E-state index < -0.39 is 0 Å². The molecule has 1 aliphatic heterocycles. The lowest BCUT2D eigenvalue weighted by atomic mass is 10.2. The van der Waals surface area contributed by atoms with Gasteiger partial charge in [-0.15, -0.1) is 0 Å². The molecule has 1 aromatic carbocycles. The van der Waals surface area contributed by atoms with E-state index in [1.165, 1.54) is 0 Å². The van der Waals surface area contributed by atoms with Crippen LogP contribution >= 0.6 is 34.2 Å². The molecule has 1 fully saturated rings. The lowest BCUT2D eigenvalue weighted by Gasteiger charge is -2.15. The average Bonchev–Trinajstić information content (AvgIpc) is 2.74. The summed E-state index contributed by atoms with van der Waals surface area (Å²) in [7, 11) is 0. The van der Waals surface area contributed by atoms with Crippen molar-refractivity contribution in [3.05, 3.63) is 32.4 Å². The van der Waals surface area contributed by atoms with Crippen molar-refractivity contribution in [3.8, 4) is 0 Å². The number of hydrogen-bond acceptors (Lipinski definition) is 1. The second-order valence-corrected chi connectivity index (χ2v) is 5.20. The van der Waals surface area contributed by atoms with Gasteiger partial charge < -0.3 is 4.90 Å². The van der Waals surface area contributed by atoms with Crippen LogP contribution in [0.1, 0.15) is 23.2 Å². The first-order valence-corrected chi connectivity index (χ1v) is 6.38. The van der Waals surface area contributed by atoms with Gasteiger partial charge in [0.05, 0.1) is 5.02 Å². The van der Waals surface area contributed by atoms with E-state index in [1.54, 1.807) is 6.07 Å². The van der Waals surface area contributed by atoms with Crippen LogP contribution in [-0.4, -0.2) is 23.9 Å². The minimum Gasteiger partial charge on any atom is -0.339 e. The van der Waals surface area contributed by atoms with E-state index in [9.17, 15) is 4.79 Å². The summed E-state index contributed by atoms with van der Waals surface area (Å²) in [5.74, 6) is 0.103. The third-order valence-corrected chi connectivity index (χ3v) is 4.13. The van der Waals surface area contributed by atoms with Crippen LogP contribution in [0, 0.1) is 3.57 Å². The predicted molar refractivity (Wildman–Crippen MR) is 69.3 cm³/mol. The topological polar surface area (TPSA) is 20.3 Å². The Balaban J connectivity index is 2.21. The molecule has 1 aliphatic rings. The zero-order chi connectivity index (χ0) is 10.8. The summed E-state index contributed by atoms with van der Waals surface area (Å²) in [6.07, 6.45) is 2.23. The number of halogens is 2. The second kappa shape index (κ2) is 4.70. The molecule has 2 rings (SSSR count). The lowest BCUT2D eigenvalue weighted by molar-refractivity contribution is 0.0793. The first-order chi connectivity index (χ1) is 7.18. The third-order valence-electron chi connectivity index (χ3n) is 2.56. The number of hydrogen-bond donors (Lipinski definition) is 0. The van der Waals surface area contributed by atoms with Crippen molar-refractivity contribution >= 4 is 40.1 Å². The fourth-order valence-electron chi connectivity index (χ4n) is 1.73. The molecule has 1 amide bonds. The fourth-order valence-corrected chi connectivity index (χ4v) is 2.25. The van der Waals surface area contributed by atoms with Crippen molar-refractivity contribution < 1.29 is 4.79 Å². The molecule has 15 heavy (non-hydrogen) atoms. The molecule has 0 aliphatic carbocycles. The Morgan fingerprint density at radius 1 is 1.33 bits per heavy atom. The highest BCUT2D eigenvalue weighted by Gasteiger charge is 2.19. The molecule has 4 heteroatoms. The van der Waals surface area contributed by atoms with Gasteiger partial charge in [0, 0.05) is 22.2 Å². The minimum absolute atomic E-state index is 0.103. The monoisotopic (exact) mass is 335 g/mol. The Kier molecular flexibility index (Phi) is 3.51. The van der Waals surface area contributed by atoms with Crippen LogP contribution < -0.4 is 0 Å². The summed E-state index contributed by atoms with van der Waals surface area (Å²) < 4.78 is 0.979. The number of rotatable bonds is 1. The van der Waals surface area contributed by atoms with Crippen LogP contribution in [0.5, 0.6) is 0 Å². The highest BCUT2D eigenvalue weighted by Crippen LogP contribution is 2.21. The van der Waals surface area contributed by atoms with Gasteiger partial charge in [-0.2, -0.15) is 0 Å². The normalized spacial score (nSPS) is 15.7. The van der Waals surface area contributed by atoms with Gasteiger partial charge in [-0.1, -0.05) is 11.6 Å². The number of carbonyl (C=O) groups excluding carboxylic acids is 1. The largest absolute Gasteiger partial charge is 0.339 e. The molecule has 0 unspecified atom stereocenters. The number of benzene rings is 1. The molecular formula is C11H11ClINO. The van der Waals surface area contributed by atoms with E-state index >= 15 is 0 Å². The molecule has 0 N–H and O–H groups in total. The standard InChI is InChI=1S/C11H11ClINO/c12-9-7-8(3-4-10(9)13)11(15)14-5-1-2-6-14/h3-4,7H,1-2,5-6H2. The summed E-state index contributed by atoms with van der Waals surface area (Å²) in [6, 6.07) is 5.48. The highest BCUT2D eigenvalue weighted by molar-refractivity contribution is 14.1. The molecule has 1 heterocycles. The van der Waals surface area contributed by atoms with Gasteiger partial charge >= 0.3 is 0 Å². The summed E-state index contributed by atoms with van der Waals surface area (Å²) in [5, 5.41) is 0.653. The fraction of sp³-hybridized carbons (Fsp3) is 0.364. The molecule has 0 spiro atoms. The summed E-state index contributed by atoms with van der Waals surface area (Å²) in [4.78, 5) is 13.9. The minimum atomic E-state index is 0.103. The molecule has 1 aromatic rings. The maximum atomic E-state index is 12.0. The first-order valence-electron chi connectivity index (χ1n) is 4.93. The van der Waals surface area contributed by atoms with E-state index in [1.807, 2.05) is 17.0 Å². The van der Waals surface area contributed by atoms with Gasteiger partial charge in [0.2, 0.25) is 0 Å². The van der Waals surface area contributed by atoms with Crippen LogP contribution in [-0.2, 0) is 0 Å². The van der Waals surface area contributed by atoms with Gasteiger partial charge in [-0.05, 0) is 53.6 Å². The molecular weight excluding hydrogens is 324 g/mol. The van der Waals surface area contributed by atoms with E-state index in [2.05, 4.69) is 22.6 Å². The molecule has 0 saturated carbocycles. The Morgan fingerprint density at radius 3 is 2.60 bits per heavy atom. The van der Waals surface area contributed by atoms with Gasteiger partial charge in [-0.3, -0.25) is 4.79 Å². The van der Waals surface area contributed by atoms with Crippen molar-refractivity contribution in [2.45, 2.75) is 12.8 Å². The quantitative estimate of drug-likeness (QED) is 0.722. The van der Waals surface area contributed by atoms with E-state index in [4.69, 9.17) is 11.6 Å². The van der Waals surface area contributed by atoms with Gasteiger partial charge in [-0.25, -0.2) is 0 Å². The van der Waals surface area contributed by atoms with E-state index in [0.29, 0.717) is 10.6 Å². The lowest BCUT2D eigenvalue weighted by Crippen LogP contribution is -2.27. The molecule has 0 aromatic heterocycles. The smallest absolute Gasteiger partial charge is 0.253 e. The van der Waals surface area contributed by atoms with Crippen LogP contribution in [0.25, 0.3) is 0 Å². The Hall–Kier alpha value is -0.290. The predicted octanol–water partition coefficient (Wildman–Crippen LogP) is 3.18. The molecule has 2 nitrogen and oxygen atoms in total. The zero-order valence-electron chi connectivity index (χ0n) is 8.17. The maximum absolute atomic E-state index is 12.0. The molecule has 0 atom stereocenters. The van der Waals surface area contributed by atoms with Crippen molar-refractivity contribution in [1.29, 1.82) is 0 Å². The average molecular weight is 336 g/mol. The second-order valence-electron chi connectivity index (χ2n) is 3.63. The molecule has 0 bridgehead atoms. The molecule has 0 radical (unpaired) electrons. The Labute approximate surface area is 108 Å². The van der Waals surface area contributed by atoms with Gasteiger partial charge in [0.25, 0.3) is 5.91 Å². The van der Waals surface area contributed by atoms with Crippen LogP contribution in [0.3, 0.4) is 0 Å². The van der Waals surface area contributed by atoms with Crippen LogP contribution in [0.15, 0.2) is 18.2 Å². The van der Waals surface area contributed by atoms with Crippen molar-refractivity contribution in [2.24, 2.45) is 0 Å². The number of nitrogens with zero attached hydrogens (tertiary/aromatic N) is 1. The molecule has 1 saturated heterocycles. The van der Waals surface area contributed by atoms with Crippen LogP contribution in [0.2, 0.25) is 5.02 Å². The maximum Gasteiger partial charge on any atom is 0.253 e. The van der Waals surface area contributed by atoms with Crippen molar-refractivity contribution in [2.75, 3.05) is 13.1 Å². The highest BCUT2D eigenvalue weighted by atomic mass is 127. The Bertz CT molecular complexity index is 388. The zero-order valence-corrected chi connectivity index (χ0v) is 11.1. The third kappa shape index (κ3) is 2.45. The summed E-state index contributed by atoms with van der Waals surface area (Å²) in [6.45, 7) is 1.75. The number of likely N-dealkylation sites (tertiary alicyclic amines) is 1. The SMILES string of the molecule is O=C(c1ccc(I)c(Cl)c1)N1CCCC1. The van der Waals surface area contributed by atoms with Gasteiger partial charge in [0.15, 0.2) is 0 Å². The van der Waals surface area contributed by atoms with Crippen LogP contribution in [0.4, 0.5) is 0 Å². The summed E-state index contributed by atoms with van der Waals surface area (Å²) >= 11 is 8.14. The first kappa shape index (κ1) is 11.2. The summed E-state index contributed by atoms with van der Waals surface area (Å²) in [5.41, 5.74) is 0.697. The Morgan fingerprint density at radius 2 is 2.00 bits per heavy atom. The number of amides is 1. The van der Waals surface area contributed by atoms with Crippen molar-refractivity contribution in [3.63, 3.8) is 0 Å². The number of carbonyl (C=O) groups is 1. The van der Waals surface area contributed by atoms with E-state index in [0.717, 1.165) is 29.5 Å². The van der Waals surface area contributed by atoms with E-state index in [-0.39, 0.29) is 5.91 Å².